The van der Waals surface area contributed by atoms with Crippen molar-refractivity contribution < 1.29 is 10.0 Å². The standard InChI is InChI=1S/C13H17N3O2S/c1-2-16(7-12(14)15-18)13(17)10-8-19-11-6-4-3-5-9(10)11/h3-6,10,18H,2,7-8H2,1H3,(H2,14,15). The molecule has 1 atom stereocenters. The van der Waals surface area contributed by atoms with Crippen molar-refractivity contribution in [3.63, 3.8) is 0 Å². The van der Waals surface area contributed by atoms with Crippen molar-refractivity contribution in [1.29, 1.82) is 0 Å². The molecule has 102 valence electrons. The zero-order chi connectivity index (χ0) is 13.8. The molecule has 0 spiro atoms. The van der Waals surface area contributed by atoms with Crippen molar-refractivity contribution in [2.24, 2.45) is 10.9 Å². The van der Waals surface area contributed by atoms with Gasteiger partial charge in [-0.25, -0.2) is 0 Å². The molecule has 0 saturated heterocycles. The predicted molar refractivity (Wildman–Crippen MR) is 75.6 cm³/mol. The number of benzene rings is 1. The molecular formula is C13H17N3O2S. The van der Waals surface area contributed by atoms with Gasteiger partial charge >= 0.3 is 0 Å². The molecule has 0 bridgehead atoms. The summed E-state index contributed by atoms with van der Waals surface area (Å²) in [4.78, 5) is 15.3. The van der Waals surface area contributed by atoms with Gasteiger partial charge in [0, 0.05) is 17.2 Å². The highest BCUT2D eigenvalue weighted by Gasteiger charge is 2.31. The van der Waals surface area contributed by atoms with Crippen LogP contribution >= 0.6 is 11.8 Å². The van der Waals surface area contributed by atoms with Gasteiger partial charge in [0.2, 0.25) is 5.91 Å². The maximum Gasteiger partial charge on any atom is 0.231 e. The van der Waals surface area contributed by atoms with Crippen molar-refractivity contribution in [3.05, 3.63) is 29.8 Å². The van der Waals surface area contributed by atoms with E-state index in [0.717, 1.165) is 11.3 Å². The molecule has 1 aliphatic heterocycles. The van der Waals surface area contributed by atoms with Gasteiger partial charge in [-0.2, -0.15) is 0 Å². The molecule has 0 fully saturated rings. The molecule has 1 heterocycles. The third-order valence-corrected chi connectivity index (χ3v) is 4.36. The van der Waals surface area contributed by atoms with Crippen LogP contribution in [0.4, 0.5) is 0 Å². The fraction of sp³-hybridized carbons (Fsp3) is 0.385. The Labute approximate surface area is 116 Å². The molecule has 0 aromatic heterocycles. The summed E-state index contributed by atoms with van der Waals surface area (Å²) in [7, 11) is 0. The molecule has 1 aromatic rings. The second kappa shape index (κ2) is 5.97. The van der Waals surface area contributed by atoms with Gasteiger partial charge in [0.15, 0.2) is 5.84 Å². The Morgan fingerprint density at radius 1 is 1.58 bits per heavy atom. The summed E-state index contributed by atoms with van der Waals surface area (Å²) in [6.45, 7) is 2.59. The Kier molecular flexibility index (Phi) is 4.31. The zero-order valence-corrected chi connectivity index (χ0v) is 11.6. The lowest BCUT2D eigenvalue weighted by atomic mass is 10.00. The summed E-state index contributed by atoms with van der Waals surface area (Å²) in [5.41, 5.74) is 6.56. The monoisotopic (exact) mass is 279 g/mol. The fourth-order valence-electron chi connectivity index (χ4n) is 2.16. The fourth-order valence-corrected chi connectivity index (χ4v) is 3.38. The largest absolute Gasteiger partial charge is 0.409 e. The zero-order valence-electron chi connectivity index (χ0n) is 10.7. The van der Waals surface area contributed by atoms with Crippen LogP contribution in [0.25, 0.3) is 0 Å². The molecule has 3 N–H and O–H groups in total. The van der Waals surface area contributed by atoms with Gasteiger partial charge in [0.25, 0.3) is 0 Å². The van der Waals surface area contributed by atoms with Gasteiger partial charge in [0.1, 0.15) is 0 Å². The number of oxime groups is 1. The first kappa shape index (κ1) is 13.7. The van der Waals surface area contributed by atoms with Crippen LogP contribution in [0.3, 0.4) is 0 Å². The van der Waals surface area contributed by atoms with Gasteiger partial charge < -0.3 is 15.8 Å². The molecule has 5 nitrogen and oxygen atoms in total. The van der Waals surface area contributed by atoms with Crippen LogP contribution in [-0.2, 0) is 4.79 Å². The van der Waals surface area contributed by atoms with Gasteiger partial charge in [-0.05, 0) is 18.6 Å². The normalized spacial score (nSPS) is 18.2. The van der Waals surface area contributed by atoms with Crippen molar-refractivity contribution in [1.82, 2.24) is 4.90 Å². The Hall–Kier alpha value is -1.69. The summed E-state index contributed by atoms with van der Waals surface area (Å²) in [5, 5.41) is 11.5. The molecule has 0 radical (unpaired) electrons. The quantitative estimate of drug-likeness (QED) is 0.378. The third kappa shape index (κ3) is 2.84. The second-order valence-electron chi connectivity index (χ2n) is 4.35. The number of thioether (sulfide) groups is 1. The van der Waals surface area contributed by atoms with Crippen LogP contribution in [0.5, 0.6) is 0 Å². The summed E-state index contributed by atoms with van der Waals surface area (Å²) < 4.78 is 0. The minimum absolute atomic E-state index is 0.0338. The third-order valence-electron chi connectivity index (χ3n) is 3.17. The van der Waals surface area contributed by atoms with Crippen molar-refractivity contribution in [2.45, 2.75) is 17.7 Å². The molecule has 19 heavy (non-hydrogen) atoms. The Morgan fingerprint density at radius 2 is 2.32 bits per heavy atom. The number of carbonyl (C=O) groups is 1. The molecule has 1 aliphatic rings. The van der Waals surface area contributed by atoms with E-state index in [0.29, 0.717) is 6.54 Å². The van der Waals surface area contributed by atoms with E-state index in [-0.39, 0.29) is 24.2 Å². The molecule has 6 heteroatoms. The number of rotatable bonds is 4. The number of likely N-dealkylation sites (N-methyl/N-ethyl adjacent to an activating group) is 1. The minimum atomic E-state index is -0.132. The van der Waals surface area contributed by atoms with Crippen LogP contribution in [0, 0.1) is 0 Å². The number of hydrogen-bond donors (Lipinski definition) is 2. The van der Waals surface area contributed by atoms with E-state index in [4.69, 9.17) is 10.9 Å². The van der Waals surface area contributed by atoms with E-state index < -0.39 is 0 Å². The van der Waals surface area contributed by atoms with Crippen LogP contribution in [-0.4, -0.2) is 40.7 Å². The van der Waals surface area contributed by atoms with Gasteiger partial charge in [-0.1, -0.05) is 23.4 Å². The van der Waals surface area contributed by atoms with Crippen LogP contribution in [0.2, 0.25) is 0 Å². The van der Waals surface area contributed by atoms with Crippen molar-refractivity contribution >= 4 is 23.5 Å². The number of nitrogens with zero attached hydrogens (tertiary/aromatic N) is 2. The molecule has 2 rings (SSSR count). The van der Waals surface area contributed by atoms with Crippen molar-refractivity contribution in [2.75, 3.05) is 18.8 Å². The SMILES string of the molecule is CCN(CC(N)=NO)C(=O)C1CSc2ccccc21. The average Bonchev–Trinajstić information content (AvgIpc) is 2.87. The lowest BCUT2D eigenvalue weighted by molar-refractivity contribution is -0.131. The number of amidine groups is 1. The molecule has 1 aromatic carbocycles. The number of fused-ring (bicyclic) bond motifs is 1. The minimum Gasteiger partial charge on any atom is -0.409 e. The Bertz CT molecular complexity index is 504. The number of nitrogens with two attached hydrogens (primary N) is 1. The topological polar surface area (TPSA) is 78.9 Å². The van der Waals surface area contributed by atoms with Gasteiger partial charge in [-0.3, -0.25) is 4.79 Å². The van der Waals surface area contributed by atoms with Gasteiger partial charge in [0.05, 0.1) is 12.5 Å². The molecule has 0 aliphatic carbocycles. The molecule has 1 unspecified atom stereocenters. The van der Waals surface area contributed by atoms with E-state index in [1.807, 2.05) is 31.2 Å². The van der Waals surface area contributed by atoms with Crippen LogP contribution < -0.4 is 5.73 Å². The number of hydrogen-bond acceptors (Lipinski definition) is 4. The number of amides is 1. The Morgan fingerprint density at radius 3 is 3.00 bits per heavy atom. The molecule has 0 saturated carbocycles. The highest BCUT2D eigenvalue weighted by Crippen LogP contribution is 2.40. The first-order chi connectivity index (χ1) is 9.17. The van der Waals surface area contributed by atoms with E-state index in [9.17, 15) is 4.79 Å². The first-order valence-electron chi connectivity index (χ1n) is 6.14. The maximum absolute atomic E-state index is 12.5. The smallest absolute Gasteiger partial charge is 0.231 e. The van der Waals surface area contributed by atoms with E-state index in [1.165, 1.54) is 4.90 Å². The van der Waals surface area contributed by atoms with E-state index in [1.54, 1.807) is 16.7 Å². The molecule has 1 amide bonds. The Balaban J connectivity index is 2.16. The van der Waals surface area contributed by atoms with Crippen LogP contribution in [0.1, 0.15) is 18.4 Å². The maximum atomic E-state index is 12.5. The summed E-state index contributed by atoms with van der Waals surface area (Å²) in [6, 6.07) is 7.96. The molecular weight excluding hydrogens is 262 g/mol. The highest BCUT2D eigenvalue weighted by atomic mass is 32.2. The van der Waals surface area contributed by atoms with Gasteiger partial charge in [-0.15, -0.1) is 11.8 Å². The summed E-state index contributed by atoms with van der Waals surface area (Å²) in [5.74, 6) is 0.707. The average molecular weight is 279 g/mol. The van der Waals surface area contributed by atoms with E-state index in [2.05, 4.69) is 5.16 Å². The van der Waals surface area contributed by atoms with Crippen molar-refractivity contribution in [3.8, 4) is 0 Å². The lowest BCUT2D eigenvalue weighted by Crippen LogP contribution is -2.41. The van der Waals surface area contributed by atoms with E-state index >= 15 is 0 Å². The highest BCUT2D eigenvalue weighted by molar-refractivity contribution is 7.99. The first-order valence-corrected chi connectivity index (χ1v) is 7.12. The van der Waals surface area contributed by atoms with Crippen LogP contribution in [0.15, 0.2) is 34.3 Å². The lowest BCUT2D eigenvalue weighted by Gasteiger charge is -2.23. The number of carbonyl (C=O) groups excluding carboxylic acids is 1. The summed E-state index contributed by atoms with van der Waals surface area (Å²) in [6.07, 6.45) is 0. The summed E-state index contributed by atoms with van der Waals surface area (Å²) >= 11 is 1.70. The predicted octanol–water partition coefficient (Wildman–Crippen LogP) is 1.47. The second-order valence-corrected chi connectivity index (χ2v) is 5.41.